The van der Waals surface area contributed by atoms with Gasteiger partial charge in [0.05, 0.1) is 14.2 Å². The average molecular weight is 424 g/mol. The fraction of sp³-hybridized carbons (Fsp3) is 0.348. The molecule has 30 heavy (non-hydrogen) atoms. The molecule has 2 heterocycles. The lowest BCUT2D eigenvalue weighted by atomic mass is 9.97. The highest BCUT2D eigenvalue weighted by Gasteiger charge is 2.26. The smallest absolute Gasteiger partial charge is 0.253 e. The standard InChI is InChI=1S/C23H25N3O3S/c1-28-19-7-3-16(4-8-19)15-21-24-25-22(30-21)17-11-13-26(14-12-17)23(27)18-5-9-20(29-2)10-6-18/h3-10,17H,11-15H2,1-2H3. The zero-order valence-electron chi connectivity index (χ0n) is 17.2. The molecule has 156 valence electrons. The van der Waals surface area contributed by atoms with Gasteiger partial charge in [0.1, 0.15) is 21.5 Å². The highest BCUT2D eigenvalue weighted by atomic mass is 32.1. The molecule has 1 saturated heterocycles. The van der Waals surface area contributed by atoms with Gasteiger partial charge in [-0.05, 0) is 54.8 Å². The second-order valence-corrected chi connectivity index (χ2v) is 8.45. The third kappa shape index (κ3) is 4.62. The summed E-state index contributed by atoms with van der Waals surface area (Å²) in [4.78, 5) is 14.7. The van der Waals surface area contributed by atoms with Crippen molar-refractivity contribution in [3.63, 3.8) is 0 Å². The molecule has 6 nitrogen and oxygen atoms in total. The molecule has 0 bridgehead atoms. The second kappa shape index (κ2) is 9.26. The third-order valence-corrected chi connectivity index (χ3v) is 6.55. The van der Waals surface area contributed by atoms with E-state index in [1.54, 1.807) is 25.6 Å². The number of rotatable bonds is 6. The van der Waals surface area contributed by atoms with Gasteiger partial charge >= 0.3 is 0 Å². The first-order valence-corrected chi connectivity index (χ1v) is 10.9. The molecule has 0 radical (unpaired) electrons. The second-order valence-electron chi connectivity index (χ2n) is 7.35. The number of carbonyl (C=O) groups is 1. The minimum Gasteiger partial charge on any atom is -0.497 e. The highest BCUT2D eigenvalue weighted by Crippen LogP contribution is 2.31. The van der Waals surface area contributed by atoms with Crippen molar-refractivity contribution in [2.45, 2.75) is 25.2 Å². The van der Waals surface area contributed by atoms with Gasteiger partial charge in [-0.3, -0.25) is 4.79 Å². The van der Waals surface area contributed by atoms with Crippen LogP contribution in [-0.4, -0.2) is 48.3 Å². The molecule has 4 rings (SSSR count). The number of amides is 1. The zero-order valence-corrected chi connectivity index (χ0v) is 18.0. The minimum atomic E-state index is 0.0774. The maximum Gasteiger partial charge on any atom is 0.253 e. The van der Waals surface area contributed by atoms with Crippen LogP contribution in [0.2, 0.25) is 0 Å². The van der Waals surface area contributed by atoms with Crippen molar-refractivity contribution in [2.75, 3.05) is 27.3 Å². The molecule has 2 aromatic carbocycles. The fourth-order valence-corrected chi connectivity index (χ4v) is 4.71. The number of benzene rings is 2. The largest absolute Gasteiger partial charge is 0.497 e. The maximum absolute atomic E-state index is 12.7. The Morgan fingerprint density at radius 2 is 1.57 bits per heavy atom. The van der Waals surface area contributed by atoms with Crippen LogP contribution in [0.15, 0.2) is 48.5 Å². The summed E-state index contributed by atoms with van der Waals surface area (Å²) in [5.41, 5.74) is 1.89. The topological polar surface area (TPSA) is 64.6 Å². The predicted octanol–water partition coefficient (Wildman–Crippen LogP) is 4.17. The van der Waals surface area contributed by atoms with Crippen molar-refractivity contribution >= 4 is 17.2 Å². The van der Waals surface area contributed by atoms with Crippen molar-refractivity contribution in [1.29, 1.82) is 0 Å². The first-order chi connectivity index (χ1) is 14.7. The minimum absolute atomic E-state index is 0.0774. The highest BCUT2D eigenvalue weighted by molar-refractivity contribution is 7.11. The Morgan fingerprint density at radius 3 is 2.17 bits per heavy atom. The normalized spacial score (nSPS) is 14.5. The molecule has 1 fully saturated rings. The lowest BCUT2D eigenvalue weighted by Gasteiger charge is -2.31. The van der Waals surface area contributed by atoms with Crippen molar-refractivity contribution in [1.82, 2.24) is 15.1 Å². The Hall–Kier alpha value is -2.93. The van der Waals surface area contributed by atoms with E-state index in [1.165, 1.54) is 5.56 Å². The van der Waals surface area contributed by atoms with Crippen molar-refractivity contribution in [3.05, 3.63) is 69.7 Å². The summed E-state index contributed by atoms with van der Waals surface area (Å²) in [6.45, 7) is 1.48. The Kier molecular flexibility index (Phi) is 6.28. The number of nitrogens with zero attached hydrogens (tertiary/aromatic N) is 3. The Bertz CT molecular complexity index is 978. The van der Waals surface area contributed by atoms with Crippen LogP contribution in [0.5, 0.6) is 11.5 Å². The van der Waals surface area contributed by atoms with Gasteiger partial charge in [0.2, 0.25) is 0 Å². The molecule has 3 aromatic rings. The van der Waals surface area contributed by atoms with Gasteiger partial charge in [-0.2, -0.15) is 0 Å². The number of piperidine rings is 1. The number of carbonyl (C=O) groups excluding carboxylic acids is 1. The predicted molar refractivity (Wildman–Crippen MR) is 117 cm³/mol. The summed E-state index contributed by atoms with van der Waals surface area (Å²) in [6, 6.07) is 15.3. The number of likely N-dealkylation sites (tertiary alicyclic amines) is 1. The number of hydrogen-bond donors (Lipinski definition) is 0. The van der Waals surface area contributed by atoms with Gasteiger partial charge in [0.15, 0.2) is 0 Å². The Labute approximate surface area is 180 Å². The quantitative estimate of drug-likeness (QED) is 0.596. The van der Waals surface area contributed by atoms with E-state index in [2.05, 4.69) is 22.3 Å². The van der Waals surface area contributed by atoms with Crippen LogP contribution in [0.1, 0.15) is 44.7 Å². The van der Waals surface area contributed by atoms with Gasteiger partial charge in [0.25, 0.3) is 5.91 Å². The zero-order chi connectivity index (χ0) is 20.9. The van der Waals surface area contributed by atoms with Crippen molar-refractivity contribution < 1.29 is 14.3 Å². The van der Waals surface area contributed by atoms with E-state index in [4.69, 9.17) is 9.47 Å². The Morgan fingerprint density at radius 1 is 0.967 bits per heavy atom. The van der Waals surface area contributed by atoms with Crippen LogP contribution in [0, 0.1) is 0 Å². The molecule has 1 amide bonds. The van der Waals surface area contributed by atoms with E-state index >= 15 is 0 Å². The van der Waals surface area contributed by atoms with E-state index < -0.39 is 0 Å². The van der Waals surface area contributed by atoms with E-state index in [0.717, 1.165) is 53.9 Å². The Balaban J connectivity index is 1.33. The third-order valence-electron chi connectivity index (χ3n) is 5.47. The lowest BCUT2D eigenvalue weighted by molar-refractivity contribution is 0.0713. The van der Waals surface area contributed by atoms with E-state index in [0.29, 0.717) is 11.5 Å². The fourth-order valence-electron chi connectivity index (χ4n) is 3.67. The van der Waals surface area contributed by atoms with Crippen LogP contribution in [-0.2, 0) is 6.42 Å². The first kappa shape index (κ1) is 20.3. The molecule has 0 atom stereocenters. The van der Waals surface area contributed by atoms with Crippen LogP contribution < -0.4 is 9.47 Å². The molecule has 0 N–H and O–H groups in total. The molecular weight excluding hydrogens is 398 g/mol. The van der Waals surface area contributed by atoms with Gasteiger partial charge in [0, 0.05) is 31.0 Å². The molecule has 0 spiro atoms. The van der Waals surface area contributed by atoms with Crippen molar-refractivity contribution in [3.8, 4) is 11.5 Å². The van der Waals surface area contributed by atoms with Gasteiger partial charge in [-0.1, -0.05) is 12.1 Å². The van der Waals surface area contributed by atoms with E-state index in [-0.39, 0.29) is 5.91 Å². The molecule has 1 aliphatic heterocycles. The van der Waals surface area contributed by atoms with Gasteiger partial charge in [-0.25, -0.2) is 0 Å². The van der Waals surface area contributed by atoms with Crippen LogP contribution in [0.25, 0.3) is 0 Å². The summed E-state index contributed by atoms with van der Waals surface area (Å²) < 4.78 is 10.4. The SMILES string of the molecule is COc1ccc(Cc2nnc(C3CCN(C(=O)c4ccc(OC)cc4)CC3)s2)cc1. The van der Waals surface area contributed by atoms with E-state index in [9.17, 15) is 4.79 Å². The first-order valence-electron chi connectivity index (χ1n) is 10.0. The molecular formula is C23H25N3O3S. The number of aromatic nitrogens is 2. The molecule has 7 heteroatoms. The summed E-state index contributed by atoms with van der Waals surface area (Å²) in [5, 5.41) is 10.9. The molecule has 0 unspecified atom stereocenters. The molecule has 1 aliphatic rings. The summed E-state index contributed by atoms with van der Waals surface area (Å²) in [7, 11) is 3.29. The number of ether oxygens (including phenoxy) is 2. The van der Waals surface area contributed by atoms with Crippen LogP contribution in [0.3, 0.4) is 0 Å². The summed E-state index contributed by atoms with van der Waals surface area (Å²) >= 11 is 1.68. The maximum atomic E-state index is 12.7. The van der Waals surface area contributed by atoms with Crippen molar-refractivity contribution in [2.24, 2.45) is 0 Å². The average Bonchev–Trinajstić information content (AvgIpc) is 3.28. The monoisotopic (exact) mass is 423 g/mol. The van der Waals surface area contributed by atoms with Gasteiger partial charge in [-0.15, -0.1) is 21.5 Å². The van der Waals surface area contributed by atoms with E-state index in [1.807, 2.05) is 41.3 Å². The summed E-state index contributed by atoms with van der Waals surface area (Å²) in [6.07, 6.45) is 2.61. The lowest BCUT2D eigenvalue weighted by Crippen LogP contribution is -2.37. The van der Waals surface area contributed by atoms with Crippen LogP contribution in [0.4, 0.5) is 0 Å². The molecule has 0 saturated carbocycles. The molecule has 1 aromatic heterocycles. The molecule has 0 aliphatic carbocycles. The number of methoxy groups -OCH3 is 2. The van der Waals surface area contributed by atoms with Gasteiger partial charge < -0.3 is 14.4 Å². The number of hydrogen-bond acceptors (Lipinski definition) is 6. The van der Waals surface area contributed by atoms with Crippen LogP contribution >= 0.6 is 11.3 Å². The summed E-state index contributed by atoms with van der Waals surface area (Å²) in [5.74, 6) is 2.06.